The molecule has 1 N–H and O–H groups in total. The summed E-state index contributed by atoms with van der Waals surface area (Å²) < 4.78 is 5.28. The molecule has 0 bridgehead atoms. The lowest BCUT2D eigenvalue weighted by Gasteiger charge is -2.21. The number of ether oxygens (including phenoxy) is 1. The first-order valence-corrected chi connectivity index (χ1v) is 6.80. The lowest BCUT2D eigenvalue weighted by Crippen LogP contribution is -2.11. The molecule has 0 aliphatic carbocycles. The average Bonchev–Trinajstić information content (AvgIpc) is 2.46. The topological polar surface area (TPSA) is 54.2 Å². The quantitative estimate of drug-likeness (QED) is 0.796. The standard InChI is InChI=1S/C17H20N2O2/c1-17(2,3)14-10-13(21-4)11-15(16(14)20)19-18-12-8-6-5-7-9-12/h5-11,20H,1-4H3. The Labute approximate surface area is 125 Å². The van der Waals surface area contributed by atoms with E-state index in [-0.39, 0.29) is 11.2 Å². The van der Waals surface area contributed by atoms with Crippen LogP contribution in [0.3, 0.4) is 0 Å². The Bertz CT molecular complexity index is 644. The molecule has 2 aromatic rings. The molecule has 0 atom stereocenters. The van der Waals surface area contributed by atoms with Gasteiger partial charge in [-0.05, 0) is 23.6 Å². The fourth-order valence-electron chi connectivity index (χ4n) is 1.97. The maximum absolute atomic E-state index is 10.4. The van der Waals surface area contributed by atoms with Gasteiger partial charge in [-0.2, -0.15) is 5.11 Å². The molecule has 0 saturated carbocycles. The van der Waals surface area contributed by atoms with Crippen LogP contribution in [0.5, 0.6) is 11.5 Å². The number of methoxy groups -OCH3 is 1. The highest BCUT2D eigenvalue weighted by Crippen LogP contribution is 2.41. The molecule has 2 rings (SSSR count). The van der Waals surface area contributed by atoms with Crippen LogP contribution in [0.4, 0.5) is 11.4 Å². The number of aromatic hydroxyl groups is 1. The third-order valence-corrected chi connectivity index (χ3v) is 3.14. The highest BCUT2D eigenvalue weighted by atomic mass is 16.5. The minimum Gasteiger partial charge on any atom is -0.505 e. The zero-order valence-electron chi connectivity index (χ0n) is 12.8. The molecule has 0 fully saturated rings. The molecule has 0 aromatic heterocycles. The predicted molar refractivity (Wildman–Crippen MR) is 84.0 cm³/mol. The van der Waals surface area contributed by atoms with Gasteiger partial charge in [-0.3, -0.25) is 0 Å². The number of hydrogen-bond donors (Lipinski definition) is 1. The summed E-state index contributed by atoms with van der Waals surface area (Å²) in [5, 5.41) is 18.7. The fourth-order valence-corrected chi connectivity index (χ4v) is 1.97. The second kappa shape index (κ2) is 5.95. The molecule has 0 spiro atoms. The Balaban J connectivity index is 2.46. The number of phenols is 1. The summed E-state index contributed by atoms with van der Waals surface area (Å²) in [6.45, 7) is 6.08. The molecule has 0 radical (unpaired) electrons. The summed E-state index contributed by atoms with van der Waals surface area (Å²) in [4.78, 5) is 0. The second-order valence-electron chi connectivity index (χ2n) is 5.83. The van der Waals surface area contributed by atoms with E-state index in [4.69, 9.17) is 4.74 Å². The second-order valence-corrected chi connectivity index (χ2v) is 5.83. The van der Waals surface area contributed by atoms with Crippen molar-refractivity contribution in [3.63, 3.8) is 0 Å². The predicted octanol–water partition coefficient (Wildman–Crippen LogP) is 5.11. The first-order valence-electron chi connectivity index (χ1n) is 6.80. The number of phenolic OH excluding ortho intramolecular Hbond substituents is 1. The smallest absolute Gasteiger partial charge is 0.147 e. The summed E-state index contributed by atoms with van der Waals surface area (Å²) in [6, 6.07) is 12.9. The van der Waals surface area contributed by atoms with Gasteiger partial charge in [0.1, 0.15) is 17.2 Å². The van der Waals surface area contributed by atoms with E-state index in [2.05, 4.69) is 10.2 Å². The van der Waals surface area contributed by atoms with Crippen LogP contribution in [0, 0.1) is 0 Å². The molecule has 0 unspecified atom stereocenters. The zero-order chi connectivity index (χ0) is 15.5. The van der Waals surface area contributed by atoms with E-state index in [0.717, 1.165) is 11.3 Å². The molecule has 4 heteroatoms. The highest BCUT2D eigenvalue weighted by Gasteiger charge is 2.21. The van der Waals surface area contributed by atoms with E-state index >= 15 is 0 Å². The Kier molecular flexibility index (Phi) is 4.26. The van der Waals surface area contributed by atoms with Crippen molar-refractivity contribution in [1.82, 2.24) is 0 Å². The van der Waals surface area contributed by atoms with Gasteiger partial charge in [0, 0.05) is 11.6 Å². The van der Waals surface area contributed by atoms with Gasteiger partial charge in [0.15, 0.2) is 0 Å². The molecule has 0 aliphatic rings. The summed E-state index contributed by atoms with van der Waals surface area (Å²) in [7, 11) is 1.59. The SMILES string of the molecule is COc1cc(N=Nc2ccccc2)c(O)c(C(C)(C)C)c1. The van der Waals surface area contributed by atoms with E-state index in [1.807, 2.05) is 57.2 Å². The molecule has 0 saturated heterocycles. The van der Waals surface area contributed by atoms with Crippen molar-refractivity contribution >= 4 is 11.4 Å². The normalized spacial score (nSPS) is 11.8. The molecular formula is C17H20N2O2. The van der Waals surface area contributed by atoms with Crippen molar-refractivity contribution in [1.29, 1.82) is 0 Å². The third kappa shape index (κ3) is 3.60. The number of azo groups is 1. The third-order valence-electron chi connectivity index (χ3n) is 3.14. The van der Waals surface area contributed by atoms with Gasteiger partial charge < -0.3 is 9.84 Å². The Morgan fingerprint density at radius 2 is 1.67 bits per heavy atom. The minimum atomic E-state index is -0.213. The van der Waals surface area contributed by atoms with Crippen LogP contribution < -0.4 is 4.74 Å². The van der Waals surface area contributed by atoms with E-state index in [1.165, 1.54) is 0 Å². The van der Waals surface area contributed by atoms with Gasteiger partial charge in [-0.25, -0.2) is 0 Å². The van der Waals surface area contributed by atoms with Crippen LogP contribution in [-0.4, -0.2) is 12.2 Å². The summed E-state index contributed by atoms with van der Waals surface area (Å²) in [6.07, 6.45) is 0. The van der Waals surface area contributed by atoms with Crippen LogP contribution in [0.15, 0.2) is 52.7 Å². The molecular weight excluding hydrogens is 264 g/mol. The van der Waals surface area contributed by atoms with Crippen molar-refractivity contribution in [2.75, 3.05) is 7.11 Å². The number of hydrogen-bond acceptors (Lipinski definition) is 4. The summed E-state index contributed by atoms with van der Waals surface area (Å²) in [5.74, 6) is 0.794. The number of nitrogens with zero attached hydrogens (tertiary/aromatic N) is 2. The van der Waals surface area contributed by atoms with Crippen LogP contribution in [-0.2, 0) is 5.41 Å². The van der Waals surface area contributed by atoms with Gasteiger partial charge in [-0.1, -0.05) is 39.0 Å². The molecule has 4 nitrogen and oxygen atoms in total. The van der Waals surface area contributed by atoms with Gasteiger partial charge in [0.2, 0.25) is 0 Å². The Hall–Kier alpha value is -2.36. The molecule has 0 amide bonds. The van der Waals surface area contributed by atoms with Gasteiger partial charge in [0.05, 0.1) is 12.8 Å². The maximum atomic E-state index is 10.4. The van der Waals surface area contributed by atoms with Crippen LogP contribution in [0.2, 0.25) is 0 Å². The first kappa shape index (κ1) is 15.0. The number of rotatable bonds is 3. The minimum absolute atomic E-state index is 0.142. The highest BCUT2D eigenvalue weighted by molar-refractivity contribution is 5.61. The van der Waals surface area contributed by atoms with Crippen molar-refractivity contribution < 1.29 is 9.84 Å². The monoisotopic (exact) mass is 284 g/mol. The van der Waals surface area contributed by atoms with Crippen molar-refractivity contribution in [3.05, 3.63) is 48.0 Å². The first-order chi connectivity index (χ1) is 9.91. The lowest BCUT2D eigenvalue weighted by molar-refractivity contribution is 0.406. The average molecular weight is 284 g/mol. The fraction of sp³-hybridized carbons (Fsp3) is 0.294. The van der Waals surface area contributed by atoms with E-state index < -0.39 is 0 Å². The largest absolute Gasteiger partial charge is 0.505 e. The van der Waals surface area contributed by atoms with E-state index in [0.29, 0.717) is 11.4 Å². The van der Waals surface area contributed by atoms with Gasteiger partial charge in [0.25, 0.3) is 0 Å². The van der Waals surface area contributed by atoms with Crippen molar-refractivity contribution in [3.8, 4) is 11.5 Å². The van der Waals surface area contributed by atoms with Gasteiger partial charge in [-0.15, -0.1) is 5.11 Å². The van der Waals surface area contributed by atoms with Gasteiger partial charge >= 0.3 is 0 Å². The van der Waals surface area contributed by atoms with Crippen LogP contribution in [0.25, 0.3) is 0 Å². The molecule has 110 valence electrons. The van der Waals surface area contributed by atoms with E-state index in [9.17, 15) is 5.11 Å². The van der Waals surface area contributed by atoms with Crippen LogP contribution in [0.1, 0.15) is 26.3 Å². The van der Waals surface area contributed by atoms with Crippen LogP contribution >= 0.6 is 0 Å². The molecule has 2 aromatic carbocycles. The molecule has 21 heavy (non-hydrogen) atoms. The summed E-state index contributed by atoms with van der Waals surface area (Å²) in [5.41, 5.74) is 1.71. The van der Waals surface area contributed by atoms with E-state index in [1.54, 1.807) is 13.2 Å². The Morgan fingerprint density at radius 1 is 1.00 bits per heavy atom. The molecule has 0 heterocycles. The summed E-state index contributed by atoms with van der Waals surface area (Å²) >= 11 is 0. The van der Waals surface area contributed by atoms with Crippen molar-refractivity contribution in [2.45, 2.75) is 26.2 Å². The van der Waals surface area contributed by atoms with Crippen molar-refractivity contribution in [2.24, 2.45) is 10.2 Å². The zero-order valence-corrected chi connectivity index (χ0v) is 12.8. The Morgan fingerprint density at radius 3 is 2.24 bits per heavy atom. The number of benzene rings is 2. The lowest BCUT2D eigenvalue weighted by atomic mass is 9.86. The molecule has 0 aliphatic heterocycles. The maximum Gasteiger partial charge on any atom is 0.147 e.